The molecule has 1 aromatic carbocycles. The summed E-state index contributed by atoms with van der Waals surface area (Å²) >= 11 is 4.26. The molecular formula is C18H25BrFN7O5S2. The predicted octanol–water partition coefficient (Wildman–Crippen LogP) is 1.78. The number of nitrogens with zero attached hydrogens (tertiary/aromatic N) is 4. The van der Waals surface area contributed by atoms with Crippen LogP contribution >= 0.6 is 27.7 Å². The second kappa shape index (κ2) is 12.4. The maximum Gasteiger partial charge on any atom is 0.234 e. The summed E-state index contributed by atoms with van der Waals surface area (Å²) in [7, 11) is -3.57. The van der Waals surface area contributed by atoms with Gasteiger partial charge in [0, 0.05) is 12.3 Å². The van der Waals surface area contributed by atoms with E-state index in [9.17, 15) is 23.1 Å². The van der Waals surface area contributed by atoms with Gasteiger partial charge in [0.25, 0.3) is 0 Å². The number of thioether (sulfide) groups is 1. The Morgan fingerprint density at radius 2 is 2.09 bits per heavy atom. The van der Waals surface area contributed by atoms with Crippen LogP contribution in [0.2, 0.25) is 0 Å². The van der Waals surface area contributed by atoms with E-state index in [4.69, 9.17) is 4.63 Å². The van der Waals surface area contributed by atoms with Crippen molar-refractivity contribution in [2.45, 2.75) is 31.4 Å². The number of aliphatic hydroxyl groups is 1. The molecule has 2 aromatic rings. The molecule has 0 aliphatic heterocycles. The van der Waals surface area contributed by atoms with Crippen LogP contribution in [0.1, 0.15) is 26.5 Å². The number of amidine groups is 1. The molecule has 0 radical (unpaired) electrons. The number of aliphatic imine (C=N–C) groups is 2. The van der Waals surface area contributed by atoms with E-state index in [1.54, 1.807) is 13.8 Å². The lowest BCUT2D eigenvalue weighted by Crippen LogP contribution is -2.43. The van der Waals surface area contributed by atoms with Crippen molar-refractivity contribution in [1.82, 2.24) is 25.8 Å². The molecule has 12 nitrogen and oxygen atoms in total. The first kappa shape index (κ1) is 28.0. The van der Waals surface area contributed by atoms with Gasteiger partial charge >= 0.3 is 0 Å². The van der Waals surface area contributed by atoms with Crippen molar-refractivity contribution in [3.8, 4) is 0 Å². The molecule has 0 bridgehead atoms. The van der Waals surface area contributed by atoms with E-state index in [2.05, 4.69) is 46.3 Å². The monoisotopic (exact) mass is 581 g/mol. The molecule has 188 valence electrons. The Labute approximate surface area is 208 Å². The summed E-state index contributed by atoms with van der Waals surface area (Å²) < 4.78 is 44.5. The molecule has 16 heteroatoms. The number of benzene rings is 1. The third-order valence-corrected chi connectivity index (χ3v) is 6.64. The number of hydrogen-bond donors (Lipinski definition) is 5. The maximum atomic E-state index is 13.4. The summed E-state index contributed by atoms with van der Waals surface area (Å²) in [6, 6.07) is 4.04. The Balaban J connectivity index is 2.06. The number of rotatable bonds is 10. The molecule has 1 aromatic heterocycles. The Bertz CT molecular complexity index is 1140. The summed E-state index contributed by atoms with van der Waals surface area (Å²) in [5.41, 5.74) is 1.27. The van der Waals surface area contributed by atoms with Crippen molar-refractivity contribution in [3.05, 3.63) is 34.2 Å². The molecule has 1 heterocycles. The van der Waals surface area contributed by atoms with E-state index in [0.29, 0.717) is 16.5 Å². The first-order valence-electron chi connectivity index (χ1n) is 9.85. The molecule has 0 saturated carbocycles. The molecule has 0 saturated heterocycles. The zero-order valence-corrected chi connectivity index (χ0v) is 21.8. The number of halogens is 2. The van der Waals surface area contributed by atoms with Crippen molar-refractivity contribution in [2.75, 3.05) is 24.6 Å². The summed E-state index contributed by atoms with van der Waals surface area (Å²) in [6.07, 6.45) is 0. The topological polar surface area (TPSA) is 174 Å². The fraction of sp³-hybridized carbons (Fsp3) is 0.444. The SMILES string of the molecule is CCS(=O)(=O)NC(=NCC(C)(C)O)NCCSc1nonc1C(=Nc1ccc(F)c(Br)c1)NO. The van der Waals surface area contributed by atoms with Crippen molar-refractivity contribution in [2.24, 2.45) is 9.98 Å². The van der Waals surface area contributed by atoms with Crippen LogP contribution in [0.15, 0.2) is 42.3 Å². The lowest BCUT2D eigenvalue weighted by molar-refractivity contribution is 0.0903. The minimum absolute atomic E-state index is 0.00393. The van der Waals surface area contributed by atoms with Crippen LogP contribution in [0.3, 0.4) is 0 Å². The van der Waals surface area contributed by atoms with Gasteiger partial charge in [0.1, 0.15) is 5.82 Å². The van der Waals surface area contributed by atoms with E-state index >= 15 is 0 Å². The average molecular weight is 582 g/mol. The van der Waals surface area contributed by atoms with Gasteiger partial charge < -0.3 is 10.4 Å². The van der Waals surface area contributed by atoms with Crippen LogP contribution < -0.4 is 15.5 Å². The van der Waals surface area contributed by atoms with Crippen LogP contribution in [0.5, 0.6) is 0 Å². The number of guanidine groups is 1. The van der Waals surface area contributed by atoms with Gasteiger partial charge in [-0.3, -0.25) is 15.4 Å². The quantitative estimate of drug-likeness (QED) is 0.0913. The molecule has 0 atom stereocenters. The highest BCUT2D eigenvalue weighted by molar-refractivity contribution is 9.10. The van der Waals surface area contributed by atoms with Crippen molar-refractivity contribution < 1.29 is 27.8 Å². The Hall–Kier alpha value is -2.27. The van der Waals surface area contributed by atoms with Crippen LogP contribution in [-0.2, 0) is 10.0 Å². The summed E-state index contributed by atoms with van der Waals surface area (Å²) in [5.74, 6) is -0.296. The summed E-state index contributed by atoms with van der Waals surface area (Å²) in [5, 5.41) is 30.1. The van der Waals surface area contributed by atoms with Gasteiger partial charge in [0.2, 0.25) is 16.0 Å². The van der Waals surface area contributed by atoms with E-state index in [1.807, 2.05) is 5.48 Å². The minimum Gasteiger partial charge on any atom is -0.389 e. The normalized spacial score (nSPS) is 13.1. The van der Waals surface area contributed by atoms with E-state index in [-0.39, 0.29) is 40.8 Å². The smallest absolute Gasteiger partial charge is 0.234 e. The number of nitrogens with one attached hydrogen (secondary N) is 3. The fourth-order valence-electron chi connectivity index (χ4n) is 2.17. The van der Waals surface area contributed by atoms with Crippen LogP contribution in [0.4, 0.5) is 10.1 Å². The Morgan fingerprint density at radius 3 is 2.71 bits per heavy atom. The molecule has 2 rings (SSSR count). The first-order valence-corrected chi connectivity index (χ1v) is 13.3. The second-order valence-electron chi connectivity index (χ2n) is 7.35. The van der Waals surface area contributed by atoms with E-state index < -0.39 is 21.4 Å². The van der Waals surface area contributed by atoms with Gasteiger partial charge in [-0.25, -0.2) is 27.4 Å². The Kier molecular flexibility index (Phi) is 10.2. The van der Waals surface area contributed by atoms with Crippen LogP contribution in [-0.4, -0.2) is 71.0 Å². The zero-order valence-electron chi connectivity index (χ0n) is 18.5. The number of sulfonamides is 1. The average Bonchev–Trinajstić information content (AvgIpc) is 3.23. The van der Waals surface area contributed by atoms with Gasteiger partial charge in [-0.1, -0.05) is 11.8 Å². The molecule has 0 aliphatic rings. The molecule has 5 N–H and O–H groups in total. The van der Waals surface area contributed by atoms with Crippen molar-refractivity contribution in [3.63, 3.8) is 0 Å². The van der Waals surface area contributed by atoms with E-state index in [0.717, 1.165) is 0 Å². The largest absolute Gasteiger partial charge is 0.389 e. The third-order valence-electron chi connectivity index (χ3n) is 3.82. The van der Waals surface area contributed by atoms with Gasteiger partial charge in [-0.2, -0.15) is 0 Å². The van der Waals surface area contributed by atoms with Gasteiger partial charge in [0.15, 0.2) is 16.6 Å². The molecule has 0 spiro atoms. The van der Waals surface area contributed by atoms with Crippen molar-refractivity contribution >= 4 is 55.2 Å². The highest BCUT2D eigenvalue weighted by Crippen LogP contribution is 2.24. The number of aromatic nitrogens is 2. The lowest BCUT2D eigenvalue weighted by atomic mass is 10.1. The first-order chi connectivity index (χ1) is 15.9. The number of hydroxylamine groups is 1. The van der Waals surface area contributed by atoms with E-state index in [1.165, 1.54) is 36.9 Å². The van der Waals surface area contributed by atoms with Gasteiger partial charge in [0.05, 0.1) is 28.1 Å². The van der Waals surface area contributed by atoms with Crippen LogP contribution in [0, 0.1) is 5.82 Å². The molecular weight excluding hydrogens is 557 g/mol. The third kappa shape index (κ3) is 9.17. The summed E-state index contributed by atoms with van der Waals surface area (Å²) in [4.78, 5) is 8.28. The molecule has 0 amide bonds. The molecule has 34 heavy (non-hydrogen) atoms. The summed E-state index contributed by atoms with van der Waals surface area (Å²) in [6.45, 7) is 4.84. The van der Waals surface area contributed by atoms with Crippen molar-refractivity contribution in [1.29, 1.82) is 0 Å². The highest BCUT2D eigenvalue weighted by Gasteiger charge is 2.18. The lowest BCUT2D eigenvalue weighted by Gasteiger charge is -2.16. The van der Waals surface area contributed by atoms with Gasteiger partial charge in [-0.15, -0.1) is 0 Å². The van der Waals surface area contributed by atoms with Gasteiger partial charge in [-0.05, 0) is 65.2 Å². The fourth-order valence-corrected chi connectivity index (χ4v) is 3.86. The Morgan fingerprint density at radius 1 is 1.35 bits per heavy atom. The zero-order chi connectivity index (χ0) is 25.4. The molecule has 0 aliphatic carbocycles. The predicted molar refractivity (Wildman–Crippen MR) is 129 cm³/mol. The standard InChI is InChI=1S/C18H25BrFN7O5S2/c1-4-34(30,31)27-17(22-10-18(2,3)28)21-7-8-33-16-14(25-32-26-16)15(24-29)23-11-5-6-13(20)12(19)9-11/h5-6,9,28-29H,4,7-8,10H2,1-3H3,(H,23,24)(H2,21,22,27). The molecule has 0 fully saturated rings. The maximum absolute atomic E-state index is 13.4. The number of hydrogen-bond acceptors (Lipinski definition) is 10. The second-order valence-corrected chi connectivity index (χ2v) is 11.3. The molecule has 0 unspecified atom stereocenters. The highest BCUT2D eigenvalue weighted by atomic mass is 79.9. The van der Waals surface area contributed by atoms with Crippen LogP contribution in [0.25, 0.3) is 0 Å². The minimum atomic E-state index is -3.57.